The summed E-state index contributed by atoms with van der Waals surface area (Å²) in [5, 5.41) is 0.773. The molecule has 3 nitrogen and oxygen atoms in total. The molecule has 2 heterocycles. The van der Waals surface area contributed by atoms with Gasteiger partial charge in [0.1, 0.15) is 5.82 Å². The topological polar surface area (TPSA) is 32.5 Å². The Labute approximate surface area is 129 Å². The van der Waals surface area contributed by atoms with E-state index in [1.807, 2.05) is 6.07 Å². The lowest BCUT2D eigenvalue weighted by atomic mass is 10.1. The van der Waals surface area contributed by atoms with Crippen LogP contribution in [0.3, 0.4) is 0 Å². The second-order valence-electron chi connectivity index (χ2n) is 5.89. The molecule has 1 aromatic carbocycles. The maximum absolute atomic E-state index is 14.2. The second kappa shape index (κ2) is 6.01. The first kappa shape index (κ1) is 14.9. The van der Waals surface area contributed by atoms with E-state index in [-0.39, 0.29) is 5.82 Å². The Bertz CT molecular complexity index is 640. The normalized spacial score (nSPS) is 21.2. The number of rotatable bonds is 3. The maximum atomic E-state index is 14.2. The van der Waals surface area contributed by atoms with E-state index < -0.39 is 0 Å². The van der Waals surface area contributed by atoms with Crippen LogP contribution in [0.5, 0.6) is 0 Å². The van der Waals surface area contributed by atoms with Crippen LogP contribution in [0.4, 0.5) is 4.39 Å². The Morgan fingerprint density at radius 1 is 1.38 bits per heavy atom. The number of likely N-dealkylation sites (N-methyl/N-ethyl adjacent to an activating group) is 1. The minimum absolute atomic E-state index is 0.124. The van der Waals surface area contributed by atoms with Gasteiger partial charge in [0.25, 0.3) is 0 Å². The molecule has 0 saturated carbocycles. The summed E-state index contributed by atoms with van der Waals surface area (Å²) in [6.45, 7) is 6.62. The predicted octanol–water partition coefficient (Wildman–Crippen LogP) is 2.64. The van der Waals surface area contributed by atoms with Gasteiger partial charge in [-0.15, -0.1) is 11.3 Å². The van der Waals surface area contributed by atoms with Crippen LogP contribution in [0, 0.1) is 5.82 Å². The highest BCUT2D eigenvalue weighted by molar-refractivity contribution is 7.19. The van der Waals surface area contributed by atoms with Crippen LogP contribution in [0.25, 0.3) is 10.1 Å². The molecule has 0 spiro atoms. The predicted molar refractivity (Wildman–Crippen MR) is 87.0 cm³/mol. The Balaban J connectivity index is 1.92. The average molecular weight is 307 g/mol. The Morgan fingerprint density at radius 2 is 2.19 bits per heavy atom. The zero-order valence-electron chi connectivity index (χ0n) is 12.6. The van der Waals surface area contributed by atoms with Crippen LogP contribution in [0.15, 0.2) is 18.2 Å². The SMILES string of the molecule is CC1CN(Cc2c(CN)sc3cccc(F)c23)CCN1C. The van der Waals surface area contributed by atoms with Gasteiger partial charge in [0.2, 0.25) is 0 Å². The highest BCUT2D eigenvalue weighted by Crippen LogP contribution is 2.34. The molecule has 21 heavy (non-hydrogen) atoms. The van der Waals surface area contributed by atoms with Gasteiger partial charge in [0.15, 0.2) is 0 Å². The fourth-order valence-corrected chi connectivity index (χ4v) is 4.15. The van der Waals surface area contributed by atoms with E-state index in [2.05, 4.69) is 23.8 Å². The Kier molecular flexibility index (Phi) is 4.26. The number of thiophene rings is 1. The van der Waals surface area contributed by atoms with Crippen molar-refractivity contribution in [1.82, 2.24) is 9.80 Å². The van der Waals surface area contributed by atoms with Crippen molar-refractivity contribution >= 4 is 21.4 Å². The zero-order chi connectivity index (χ0) is 15.0. The van der Waals surface area contributed by atoms with Crippen molar-refractivity contribution in [3.05, 3.63) is 34.5 Å². The summed E-state index contributed by atoms with van der Waals surface area (Å²) in [7, 11) is 2.16. The van der Waals surface area contributed by atoms with Crippen molar-refractivity contribution in [2.75, 3.05) is 26.7 Å². The fraction of sp³-hybridized carbons (Fsp3) is 0.500. The molecule has 2 N–H and O–H groups in total. The number of fused-ring (bicyclic) bond motifs is 1. The van der Waals surface area contributed by atoms with Crippen molar-refractivity contribution in [1.29, 1.82) is 0 Å². The third kappa shape index (κ3) is 2.83. The second-order valence-corrected chi connectivity index (χ2v) is 7.02. The fourth-order valence-electron chi connectivity index (χ4n) is 3.04. The number of hydrogen-bond donors (Lipinski definition) is 1. The molecule has 0 amide bonds. The highest BCUT2D eigenvalue weighted by atomic mass is 32.1. The summed E-state index contributed by atoms with van der Waals surface area (Å²) in [4.78, 5) is 5.89. The summed E-state index contributed by atoms with van der Waals surface area (Å²) < 4.78 is 15.2. The van der Waals surface area contributed by atoms with Crippen molar-refractivity contribution in [3.63, 3.8) is 0 Å². The van der Waals surface area contributed by atoms with Gasteiger partial charge in [0, 0.05) is 53.7 Å². The molecular formula is C16H22FN3S. The largest absolute Gasteiger partial charge is 0.326 e. The lowest BCUT2D eigenvalue weighted by Crippen LogP contribution is -2.49. The first-order valence-corrected chi connectivity index (χ1v) is 8.23. The summed E-state index contributed by atoms with van der Waals surface area (Å²) in [6.07, 6.45) is 0. The molecule has 1 unspecified atom stereocenters. The van der Waals surface area contributed by atoms with Gasteiger partial charge in [0.05, 0.1) is 0 Å². The Morgan fingerprint density at radius 3 is 2.90 bits per heavy atom. The lowest BCUT2D eigenvalue weighted by Gasteiger charge is -2.37. The number of nitrogens with two attached hydrogens (primary N) is 1. The number of benzene rings is 1. The standard InChI is InChI=1S/C16H22FN3S/c1-11-9-20(7-6-19(11)2)10-12-15(8-18)21-14-5-3-4-13(17)16(12)14/h3-5,11H,6-10,18H2,1-2H3. The highest BCUT2D eigenvalue weighted by Gasteiger charge is 2.23. The van der Waals surface area contributed by atoms with Gasteiger partial charge in [-0.25, -0.2) is 4.39 Å². The maximum Gasteiger partial charge on any atom is 0.132 e. The van der Waals surface area contributed by atoms with E-state index in [9.17, 15) is 4.39 Å². The monoisotopic (exact) mass is 307 g/mol. The van der Waals surface area contributed by atoms with Crippen LogP contribution >= 0.6 is 11.3 Å². The van der Waals surface area contributed by atoms with Gasteiger partial charge in [-0.05, 0) is 31.7 Å². The first-order valence-electron chi connectivity index (χ1n) is 7.41. The first-order chi connectivity index (χ1) is 10.1. The number of halogens is 1. The van der Waals surface area contributed by atoms with Crippen LogP contribution < -0.4 is 5.73 Å². The number of hydrogen-bond acceptors (Lipinski definition) is 4. The van der Waals surface area contributed by atoms with Gasteiger partial charge in [-0.1, -0.05) is 6.07 Å². The molecule has 0 radical (unpaired) electrons. The Hall–Kier alpha value is -1.01. The molecule has 0 bridgehead atoms. The summed E-state index contributed by atoms with van der Waals surface area (Å²) in [6, 6.07) is 5.84. The van der Waals surface area contributed by atoms with E-state index in [0.717, 1.165) is 46.7 Å². The summed E-state index contributed by atoms with van der Waals surface area (Å²) >= 11 is 1.63. The molecule has 2 aromatic rings. The molecule has 1 fully saturated rings. The van der Waals surface area contributed by atoms with Crippen molar-refractivity contribution in [2.24, 2.45) is 5.73 Å². The number of nitrogens with zero attached hydrogens (tertiary/aromatic N) is 2. The molecular weight excluding hydrogens is 285 g/mol. The van der Waals surface area contributed by atoms with Crippen LogP contribution in [-0.2, 0) is 13.1 Å². The molecule has 1 aromatic heterocycles. The van der Waals surface area contributed by atoms with Gasteiger partial charge in [-0.3, -0.25) is 4.90 Å². The molecule has 5 heteroatoms. The van der Waals surface area contributed by atoms with Crippen LogP contribution in [0.1, 0.15) is 17.4 Å². The molecule has 3 rings (SSSR count). The van der Waals surface area contributed by atoms with Gasteiger partial charge in [-0.2, -0.15) is 0 Å². The average Bonchev–Trinajstić information content (AvgIpc) is 2.82. The van der Waals surface area contributed by atoms with E-state index in [1.54, 1.807) is 23.5 Å². The van der Waals surface area contributed by atoms with Crippen molar-refractivity contribution in [3.8, 4) is 0 Å². The lowest BCUT2D eigenvalue weighted by molar-refractivity contribution is 0.100. The quantitative estimate of drug-likeness (QED) is 0.946. The molecule has 114 valence electrons. The third-order valence-corrected chi connectivity index (χ3v) is 5.68. The summed E-state index contributed by atoms with van der Waals surface area (Å²) in [5.74, 6) is -0.124. The van der Waals surface area contributed by atoms with Crippen molar-refractivity contribution in [2.45, 2.75) is 26.1 Å². The van der Waals surface area contributed by atoms with Gasteiger partial charge >= 0.3 is 0 Å². The molecule has 0 aliphatic carbocycles. The molecule has 1 atom stereocenters. The summed E-state index contributed by atoms with van der Waals surface area (Å²) in [5.41, 5.74) is 6.97. The van der Waals surface area contributed by atoms with E-state index in [1.165, 1.54) is 0 Å². The van der Waals surface area contributed by atoms with Crippen molar-refractivity contribution < 1.29 is 4.39 Å². The zero-order valence-corrected chi connectivity index (χ0v) is 13.4. The number of piperazine rings is 1. The van der Waals surface area contributed by atoms with E-state index in [4.69, 9.17) is 5.73 Å². The minimum Gasteiger partial charge on any atom is -0.326 e. The molecule has 1 aliphatic rings. The smallest absolute Gasteiger partial charge is 0.132 e. The van der Waals surface area contributed by atoms with Crippen LogP contribution in [-0.4, -0.2) is 42.5 Å². The van der Waals surface area contributed by atoms with Crippen LogP contribution in [0.2, 0.25) is 0 Å². The van der Waals surface area contributed by atoms with E-state index in [0.29, 0.717) is 12.6 Å². The van der Waals surface area contributed by atoms with E-state index >= 15 is 0 Å². The molecule has 1 aliphatic heterocycles. The van der Waals surface area contributed by atoms with Gasteiger partial charge < -0.3 is 10.6 Å². The third-order valence-electron chi connectivity index (χ3n) is 4.46. The minimum atomic E-state index is -0.124. The molecule has 1 saturated heterocycles.